The minimum Gasteiger partial charge on any atom is -0.315 e. The second kappa shape index (κ2) is 1.74. The van der Waals surface area contributed by atoms with E-state index in [0.717, 1.165) is 18.0 Å². The Morgan fingerprint density at radius 1 is 1.30 bits per heavy atom. The molecule has 2 nitrogen and oxygen atoms in total. The Balaban J connectivity index is 1.85. The highest BCUT2D eigenvalue weighted by molar-refractivity contribution is 5.04. The van der Waals surface area contributed by atoms with Crippen LogP contribution in [0.25, 0.3) is 0 Å². The maximum atomic E-state index is 3.47. The second-order valence-corrected chi connectivity index (χ2v) is 3.90. The van der Waals surface area contributed by atoms with E-state index in [0.29, 0.717) is 0 Å². The fraction of sp³-hybridized carbons (Fsp3) is 1.00. The van der Waals surface area contributed by atoms with E-state index >= 15 is 0 Å². The van der Waals surface area contributed by atoms with Crippen molar-refractivity contribution < 1.29 is 0 Å². The average molecular weight is 138 g/mol. The Morgan fingerprint density at radius 2 is 2.30 bits per heavy atom. The maximum absolute atomic E-state index is 3.47. The minimum absolute atomic E-state index is 0.929. The van der Waals surface area contributed by atoms with Gasteiger partial charge in [0.2, 0.25) is 0 Å². The van der Waals surface area contributed by atoms with Crippen molar-refractivity contribution in [2.24, 2.45) is 5.92 Å². The Hall–Kier alpha value is -0.0800. The van der Waals surface area contributed by atoms with Gasteiger partial charge in [-0.3, -0.25) is 4.90 Å². The second-order valence-electron chi connectivity index (χ2n) is 3.90. The van der Waals surface area contributed by atoms with Gasteiger partial charge in [-0.25, -0.2) is 0 Å². The molecular formula is C8H14N2. The van der Waals surface area contributed by atoms with E-state index < -0.39 is 0 Å². The van der Waals surface area contributed by atoms with Crippen LogP contribution in [0.15, 0.2) is 0 Å². The zero-order chi connectivity index (χ0) is 6.55. The van der Waals surface area contributed by atoms with Crippen LogP contribution in [0.4, 0.5) is 0 Å². The molecule has 56 valence electrons. The summed E-state index contributed by atoms with van der Waals surface area (Å²) in [4.78, 5) is 2.70. The highest BCUT2D eigenvalue weighted by Gasteiger charge is 2.47. The summed E-state index contributed by atoms with van der Waals surface area (Å²) < 4.78 is 0. The van der Waals surface area contributed by atoms with Crippen LogP contribution in [-0.2, 0) is 0 Å². The van der Waals surface area contributed by atoms with Gasteiger partial charge in [-0.1, -0.05) is 0 Å². The zero-order valence-electron chi connectivity index (χ0n) is 6.21. The van der Waals surface area contributed by atoms with E-state index in [1.54, 1.807) is 0 Å². The van der Waals surface area contributed by atoms with Gasteiger partial charge in [0.05, 0.1) is 0 Å². The van der Waals surface area contributed by atoms with Crippen LogP contribution in [0, 0.1) is 5.92 Å². The fourth-order valence-electron chi connectivity index (χ4n) is 2.85. The van der Waals surface area contributed by atoms with Crippen LogP contribution in [0.3, 0.4) is 0 Å². The molecule has 0 aliphatic carbocycles. The van der Waals surface area contributed by atoms with Crippen molar-refractivity contribution in [2.45, 2.75) is 24.9 Å². The number of rotatable bonds is 0. The molecule has 2 heteroatoms. The predicted molar refractivity (Wildman–Crippen MR) is 39.9 cm³/mol. The summed E-state index contributed by atoms with van der Waals surface area (Å²) in [7, 11) is 0. The van der Waals surface area contributed by atoms with E-state index in [9.17, 15) is 0 Å². The quantitative estimate of drug-likeness (QED) is 0.509. The summed E-state index contributed by atoms with van der Waals surface area (Å²) in [6.07, 6.45) is 2.96. The summed E-state index contributed by atoms with van der Waals surface area (Å²) in [5, 5.41) is 3.47. The van der Waals surface area contributed by atoms with Crippen LogP contribution in [0.2, 0.25) is 0 Å². The molecule has 3 aliphatic heterocycles. The molecule has 3 rings (SSSR count). The first-order valence-electron chi connectivity index (χ1n) is 4.41. The van der Waals surface area contributed by atoms with Crippen LogP contribution >= 0.6 is 0 Å². The summed E-state index contributed by atoms with van der Waals surface area (Å²) in [6, 6.07) is 1.93. The van der Waals surface area contributed by atoms with Crippen molar-refractivity contribution in [3.05, 3.63) is 0 Å². The van der Waals surface area contributed by atoms with Gasteiger partial charge in [0.25, 0.3) is 0 Å². The van der Waals surface area contributed by atoms with E-state index in [-0.39, 0.29) is 0 Å². The Labute approximate surface area is 61.6 Å². The molecule has 0 aromatic rings. The Morgan fingerprint density at radius 3 is 3.10 bits per heavy atom. The molecule has 0 spiro atoms. The van der Waals surface area contributed by atoms with Gasteiger partial charge in [-0.2, -0.15) is 0 Å². The molecule has 10 heavy (non-hydrogen) atoms. The molecule has 3 heterocycles. The predicted octanol–water partition coefficient (Wildman–Crippen LogP) is 0.0524. The molecule has 0 saturated carbocycles. The first kappa shape index (κ1) is 5.56. The molecule has 0 amide bonds. The van der Waals surface area contributed by atoms with E-state index in [4.69, 9.17) is 0 Å². The standard InChI is InChI=1S/C8H14N2/c1-2-10-7(1)3-6-4-9-5-8(6)10/h6-9H,1-5H2/t6-,7-,8+/m0/s1. The van der Waals surface area contributed by atoms with Gasteiger partial charge in [0, 0.05) is 25.2 Å². The summed E-state index contributed by atoms with van der Waals surface area (Å²) >= 11 is 0. The molecule has 0 bridgehead atoms. The largest absolute Gasteiger partial charge is 0.315 e. The fourth-order valence-corrected chi connectivity index (χ4v) is 2.85. The summed E-state index contributed by atoms with van der Waals surface area (Å²) in [5.74, 6) is 1.01. The van der Waals surface area contributed by atoms with Crippen LogP contribution in [0.1, 0.15) is 12.8 Å². The van der Waals surface area contributed by atoms with Crippen molar-refractivity contribution in [3.63, 3.8) is 0 Å². The van der Waals surface area contributed by atoms with Crippen LogP contribution in [-0.4, -0.2) is 36.6 Å². The van der Waals surface area contributed by atoms with Gasteiger partial charge in [-0.05, 0) is 25.3 Å². The molecule has 0 radical (unpaired) electrons. The van der Waals surface area contributed by atoms with Crippen molar-refractivity contribution in [3.8, 4) is 0 Å². The van der Waals surface area contributed by atoms with Gasteiger partial charge in [-0.15, -0.1) is 0 Å². The molecule has 0 aromatic carbocycles. The number of nitrogens with one attached hydrogen (secondary N) is 1. The van der Waals surface area contributed by atoms with Crippen molar-refractivity contribution in [1.82, 2.24) is 10.2 Å². The molecule has 0 aromatic heterocycles. The lowest BCUT2D eigenvalue weighted by molar-refractivity contribution is 0.0977. The Bertz CT molecular complexity index is 155. The third kappa shape index (κ3) is 0.523. The average Bonchev–Trinajstić information content (AvgIpc) is 2.35. The highest BCUT2D eigenvalue weighted by atomic mass is 15.3. The molecule has 0 unspecified atom stereocenters. The SMILES string of the molecule is C1NC[C@@H]2[C@H]1C[C@@H]1CCN12. The third-order valence-electron chi connectivity index (χ3n) is 3.49. The summed E-state index contributed by atoms with van der Waals surface area (Å²) in [5.41, 5.74) is 0. The minimum atomic E-state index is 0.929. The van der Waals surface area contributed by atoms with Gasteiger partial charge in [0.1, 0.15) is 0 Å². The first-order valence-corrected chi connectivity index (χ1v) is 4.41. The van der Waals surface area contributed by atoms with Crippen molar-refractivity contribution >= 4 is 0 Å². The normalized spacial score (nSPS) is 52.2. The maximum Gasteiger partial charge on any atom is 0.0264 e. The molecule has 3 atom stereocenters. The van der Waals surface area contributed by atoms with Crippen molar-refractivity contribution in [1.29, 1.82) is 0 Å². The molecular weight excluding hydrogens is 124 g/mol. The summed E-state index contributed by atoms with van der Waals surface area (Å²) in [6.45, 7) is 3.94. The van der Waals surface area contributed by atoms with E-state index in [2.05, 4.69) is 10.2 Å². The highest BCUT2D eigenvalue weighted by Crippen LogP contribution is 2.39. The van der Waals surface area contributed by atoms with Gasteiger partial charge in [0.15, 0.2) is 0 Å². The Kier molecular flexibility index (Phi) is 0.968. The first-order chi connectivity index (χ1) is 4.95. The van der Waals surface area contributed by atoms with E-state index in [1.165, 1.54) is 32.5 Å². The molecule has 3 fully saturated rings. The number of fused-ring (bicyclic) bond motifs is 3. The van der Waals surface area contributed by atoms with Gasteiger partial charge >= 0.3 is 0 Å². The van der Waals surface area contributed by atoms with Crippen LogP contribution < -0.4 is 5.32 Å². The smallest absolute Gasteiger partial charge is 0.0264 e. The topological polar surface area (TPSA) is 15.3 Å². The van der Waals surface area contributed by atoms with Gasteiger partial charge < -0.3 is 5.32 Å². The third-order valence-corrected chi connectivity index (χ3v) is 3.49. The molecule has 1 N–H and O–H groups in total. The number of nitrogens with zero attached hydrogens (tertiary/aromatic N) is 1. The monoisotopic (exact) mass is 138 g/mol. The zero-order valence-corrected chi connectivity index (χ0v) is 6.21. The molecule has 3 saturated heterocycles. The number of hydrogen-bond acceptors (Lipinski definition) is 2. The lowest BCUT2D eigenvalue weighted by Gasteiger charge is -2.38. The molecule has 3 aliphatic rings. The van der Waals surface area contributed by atoms with Crippen LogP contribution in [0.5, 0.6) is 0 Å². The van der Waals surface area contributed by atoms with Crippen molar-refractivity contribution in [2.75, 3.05) is 19.6 Å². The lowest BCUT2D eigenvalue weighted by atomic mass is 10.0. The van der Waals surface area contributed by atoms with E-state index in [1.807, 2.05) is 0 Å². The lowest BCUT2D eigenvalue weighted by Crippen LogP contribution is -2.48. The number of hydrogen-bond donors (Lipinski definition) is 1.